The van der Waals surface area contributed by atoms with Crippen LogP contribution in [0.25, 0.3) is 5.76 Å². The number of phenols is 1. The summed E-state index contributed by atoms with van der Waals surface area (Å²) in [5.41, 5.74) is 3.66. The number of nitrogens with zero attached hydrogens (tertiary/aromatic N) is 2. The van der Waals surface area contributed by atoms with Gasteiger partial charge in [-0.05, 0) is 68.8 Å². The molecule has 0 heterocycles. The molecule has 0 aliphatic heterocycles. The Labute approximate surface area is 248 Å². The fraction of sp³-hybridized carbons (Fsp3) is 0.344. The fourth-order valence-corrected chi connectivity index (χ4v) is 6.60. The number of anilines is 1. The first-order valence-electron chi connectivity index (χ1n) is 13.6. The van der Waals surface area contributed by atoms with Gasteiger partial charge in [0.2, 0.25) is 5.78 Å². The Balaban J connectivity index is 1.70. The quantitative estimate of drug-likeness (QED) is 0.260. The lowest BCUT2D eigenvalue weighted by atomic mass is 9.57. The van der Waals surface area contributed by atoms with Gasteiger partial charge in [-0.3, -0.25) is 19.3 Å². The number of aliphatic hydroxyl groups excluding tert-OH is 2. The predicted molar refractivity (Wildman–Crippen MR) is 158 cm³/mol. The minimum atomic E-state index is -2.70. The number of methoxy groups -OCH3 is 1. The van der Waals surface area contributed by atoms with E-state index in [-0.39, 0.29) is 35.3 Å². The highest BCUT2D eigenvalue weighted by atomic mass is 16.5. The van der Waals surface area contributed by atoms with E-state index in [1.54, 1.807) is 70.5 Å². The van der Waals surface area contributed by atoms with Crippen LogP contribution in [0, 0.1) is 23.7 Å². The van der Waals surface area contributed by atoms with Crippen molar-refractivity contribution in [1.29, 1.82) is 0 Å². The maximum Gasteiger partial charge on any atom is 0.255 e. The lowest BCUT2D eigenvalue weighted by Crippen LogP contribution is -2.65. The minimum Gasteiger partial charge on any atom is -0.508 e. The molecule has 2 aromatic rings. The van der Waals surface area contributed by atoms with Gasteiger partial charge in [0.05, 0.1) is 24.3 Å². The Kier molecular flexibility index (Phi) is 7.24. The topological polar surface area (TPSA) is 174 Å². The Hall–Kier alpha value is -4.79. The second-order valence-corrected chi connectivity index (χ2v) is 11.5. The summed E-state index contributed by atoms with van der Waals surface area (Å²) in [6, 6.07) is 7.56. The highest BCUT2D eigenvalue weighted by Gasteiger charge is 2.64. The van der Waals surface area contributed by atoms with Crippen molar-refractivity contribution in [3.05, 3.63) is 69.5 Å². The molecule has 2 aromatic carbocycles. The summed E-state index contributed by atoms with van der Waals surface area (Å²) < 4.78 is 5.17. The second-order valence-electron chi connectivity index (χ2n) is 11.5. The molecule has 11 heteroatoms. The number of carbonyl (C=O) groups is 3. The molecule has 43 heavy (non-hydrogen) atoms. The first-order chi connectivity index (χ1) is 20.2. The van der Waals surface area contributed by atoms with Crippen LogP contribution < -0.4 is 15.4 Å². The molecule has 0 unspecified atom stereocenters. The van der Waals surface area contributed by atoms with Crippen LogP contribution in [0.4, 0.5) is 5.69 Å². The molecule has 0 radical (unpaired) electrons. The number of Topliss-reactive ketones (excluding diaryl/α,β-unsaturated/α-hetero) is 2. The predicted octanol–water partition coefficient (Wildman–Crippen LogP) is 1.44. The molecule has 0 spiro atoms. The summed E-state index contributed by atoms with van der Waals surface area (Å²) in [6.07, 6.45) is 0.195. The van der Waals surface area contributed by atoms with Crippen molar-refractivity contribution >= 4 is 28.9 Å². The smallest absolute Gasteiger partial charge is 0.255 e. The molecule has 224 valence electrons. The number of phenolic OH excluding ortho intramolecular Hbond substituents is 1. The van der Waals surface area contributed by atoms with E-state index in [4.69, 9.17) is 10.5 Å². The standard InChI is InChI=1S/C32H33N3O8/c1-34(2)21-14-16(9-6-15-7-10-18(43-5)11-8-15)26(36)23-19(21)12-17-13-20-25(35(3)4)28(38)24(31(33)41)30(40)32(20,42)29(39)22(17)27(23)37/h7-8,10-11,14,17,20,25,36-37,40,42H,12-13H2,1-5H3,(H2,33,41)/t17-,20-,25-,32-/m0/s1. The van der Waals surface area contributed by atoms with Gasteiger partial charge in [0, 0.05) is 36.8 Å². The zero-order chi connectivity index (χ0) is 31.5. The Bertz CT molecular complexity index is 1690. The summed E-state index contributed by atoms with van der Waals surface area (Å²) in [5.74, 6) is -0.408. The number of aromatic hydroxyl groups is 1. The summed E-state index contributed by atoms with van der Waals surface area (Å²) >= 11 is 0. The van der Waals surface area contributed by atoms with Crippen molar-refractivity contribution in [2.75, 3.05) is 40.2 Å². The number of hydrogen-bond donors (Lipinski definition) is 5. The molecular weight excluding hydrogens is 554 g/mol. The van der Waals surface area contributed by atoms with E-state index >= 15 is 0 Å². The van der Waals surface area contributed by atoms with Crippen molar-refractivity contribution in [2.24, 2.45) is 17.6 Å². The van der Waals surface area contributed by atoms with E-state index < -0.39 is 58.0 Å². The first kappa shape index (κ1) is 29.7. The molecular formula is C32H33N3O8. The normalized spacial score (nSPS) is 24.6. The first-order valence-corrected chi connectivity index (χ1v) is 13.6. The third kappa shape index (κ3) is 4.42. The van der Waals surface area contributed by atoms with Gasteiger partial charge >= 0.3 is 0 Å². The van der Waals surface area contributed by atoms with Crippen molar-refractivity contribution in [1.82, 2.24) is 4.90 Å². The van der Waals surface area contributed by atoms with Crippen molar-refractivity contribution in [3.63, 3.8) is 0 Å². The van der Waals surface area contributed by atoms with E-state index in [0.717, 1.165) is 0 Å². The van der Waals surface area contributed by atoms with Gasteiger partial charge in [0.25, 0.3) is 5.91 Å². The number of rotatable bonds is 4. The van der Waals surface area contributed by atoms with Crippen LogP contribution >= 0.6 is 0 Å². The number of carbonyl (C=O) groups excluding carboxylic acids is 3. The molecule has 6 N–H and O–H groups in total. The van der Waals surface area contributed by atoms with Crippen molar-refractivity contribution in [2.45, 2.75) is 24.5 Å². The highest BCUT2D eigenvalue weighted by molar-refractivity contribution is 6.24. The number of amides is 1. The highest BCUT2D eigenvalue weighted by Crippen LogP contribution is 2.54. The van der Waals surface area contributed by atoms with Crippen LogP contribution in [0.15, 0.2) is 47.2 Å². The lowest BCUT2D eigenvalue weighted by molar-refractivity contribution is -0.153. The van der Waals surface area contributed by atoms with Gasteiger partial charge < -0.3 is 35.8 Å². The van der Waals surface area contributed by atoms with Crippen molar-refractivity contribution < 1.29 is 39.5 Å². The molecule has 1 fully saturated rings. The third-order valence-electron chi connectivity index (χ3n) is 8.61. The van der Waals surface area contributed by atoms with E-state index in [9.17, 15) is 34.8 Å². The van der Waals surface area contributed by atoms with E-state index in [0.29, 0.717) is 22.6 Å². The number of nitrogens with two attached hydrogens (primary N) is 1. The van der Waals surface area contributed by atoms with Crippen LogP contribution in [0.2, 0.25) is 0 Å². The maximum absolute atomic E-state index is 14.1. The third-order valence-corrected chi connectivity index (χ3v) is 8.61. The largest absolute Gasteiger partial charge is 0.508 e. The SMILES string of the molecule is COc1ccc(C#Cc2cc(N(C)C)c3c(c2O)C(O)=C2C(=O)[C@]4(O)C(O)=C(C(N)=O)C(=O)[C@@H](N(C)C)[C@@H]4C[C@@H]2C3)cc1. The molecule has 0 aromatic heterocycles. The zero-order valence-corrected chi connectivity index (χ0v) is 24.4. The summed E-state index contributed by atoms with van der Waals surface area (Å²) in [7, 11) is 8.27. The zero-order valence-electron chi connectivity index (χ0n) is 24.4. The van der Waals surface area contributed by atoms with Crippen molar-refractivity contribution in [3.8, 4) is 23.3 Å². The van der Waals surface area contributed by atoms with Crippen LogP contribution in [-0.4, -0.2) is 89.7 Å². The van der Waals surface area contributed by atoms with Gasteiger partial charge in [0.15, 0.2) is 11.4 Å². The molecule has 1 amide bonds. The summed E-state index contributed by atoms with van der Waals surface area (Å²) in [4.78, 5) is 42.8. The maximum atomic E-state index is 14.1. The minimum absolute atomic E-state index is 0.0123. The van der Waals surface area contributed by atoms with Crippen LogP contribution in [0.5, 0.6) is 11.5 Å². The molecule has 1 saturated carbocycles. The van der Waals surface area contributed by atoms with E-state index in [2.05, 4.69) is 11.8 Å². The van der Waals surface area contributed by atoms with Crippen LogP contribution in [-0.2, 0) is 20.8 Å². The average molecular weight is 588 g/mol. The molecule has 4 atom stereocenters. The molecule has 5 rings (SSSR count). The summed E-state index contributed by atoms with van der Waals surface area (Å²) in [6.45, 7) is 0. The van der Waals surface area contributed by atoms with Gasteiger partial charge in [0.1, 0.15) is 28.6 Å². The van der Waals surface area contributed by atoms with Crippen LogP contribution in [0.1, 0.15) is 28.7 Å². The molecule has 0 bridgehead atoms. The number of primary amides is 1. The number of hydrogen-bond acceptors (Lipinski definition) is 10. The van der Waals surface area contributed by atoms with Gasteiger partial charge in [-0.2, -0.15) is 0 Å². The molecule has 3 aliphatic rings. The van der Waals surface area contributed by atoms with Gasteiger partial charge in [-0.25, -0.2) is 0 Å². The monoisotopic (exact) mass is 587 g/mol. The Morgan fingerprint density at radius 1 is 1.07 bits per heavy atom. The number of aliphatic hydroxyl groups is 3. The van der Waals surface area contributed by atoms with Gasteiger partial charge in [-0.1, -0.05) is 11.8 Å². The average Bonchev–Trinajstić information content (AvgIpc) is 2.94. The molecule has 0 saturated heterocycles. The number of likely N-dealkylation sites (N-methyl/N-ethyl adjacent to an activating group) is 1. The van der Waals surface area contributed by atoms with Crippen LogP contribution in [0.3, 0.4) is 0 Å². The number of fused-ring (bicyclic) bond motifs is 3. The summed E-state index contributed by atoms with van der Waals surface area (Å²) in [5, 5.41) is 45.8. The Morgan fingerprint density at radius 3 is 2.28 bits per heavy atom. The van der Waals surface area contributed by atoms with E-state index in [1.807, 2.05) is 0 Å². The van der Waals surface area contributed by atoms with E-state index in [1.165, 1.54) is 4.90 Å². The molecule has 3 aliphatic carbocycles. The Morgan fingerprint density at radius 2 is 1.72 bits per heavy atom. The number of ketones is 2. The molecule has 11 nitrogen and oxygen atoms in total. The number of ether oxygens (including phenoxy) is 1. The number of benzene rings is 2. The van der Waals surface area contributed by atoms with Gasteiger partial charge in [-0.15, -0.1) is 0 Å². The fourth-order valence-electron chi connectivity index (χ4n) is 6.60. The lowest BCUT2D eigenvalue weighted by Gasteiger charge is -2.50. The second kappa shape index (κ2) is 10.5.